The third-order valence-electron chi connectivity index (χ3n) is 5.87. The maximum atomic E-state index is 13.2. The van der Waals surface area contributed by atoms with Gasteiger partial charge in [0.2, 0.25) is 0 Å². The molecule has 0 radical (unpaired) electrons. The monoisotopic (exact) mass is 491 g/mol. The van der Waals surface area contributed by atoms with Gasteiger partial charge in [-0.15, -0.1) is 0 Å². The van der Waals surface area contributed by atoms with Crippen LogP contribution in [0.5, 0.6) is 0 Å². The van der Waals surface area contributed by atoms with E-state index in [1.165, 1.54) is 51.8 Å². The van der Waals surface area contributed by atoms with Crippen molar-refractivity contribution < 1.29 is 14.3 Å². The van der Waals surface area contributed by atoms with Crippen molar-refractivity contribution in [2.75, 3.05) is 6.61 Å². The molecule has 1 aliphatic rings. The Morgan fingerprint density at radius 1 is 1.04 bits per heavy atom. The zero-order valence-electron chi connectivity index (χ0n) is 19.1. The Labute approximate surface area is 172 Å². The molecule has 1 aliphatic heterocycles. The number of carbonyl (C=O) groups is 1. The van der Waals surface area contributed by atoms with Gasteiger partial charge < -0.3 is 0 Å². The second kappa shape index (κ2) is 11.9. The Bertz CT molecular complexity index is 414. The van der Waals surface area contributed by atoms with Crippen molar-refractivity contribution in [3.05, 3.63) is 0 Å². The molecule has 5 heteroatoms. The van der Waals surface area contributed by atoms with Crippen LogP contribution < -0.4 is 0 Å². The second-order valence-corrected chi connectivity index (χ2v) is 23.3. The molecule has 0 spiro atoms. The Kier molecular flexibility index (Phi) is 11.0. The predicted molar refractivity (Wildman–Crippen MR) is 117 cm³/mol. The molecule has 0 aromatic rings. The Hall–Kier alpha value is 0.0287. The van der Waals surface area contributed by atoms with Crippen LogP contribution in [-0.2, 0) is 9.47 Å². The van der Waals surface area contributed by atoms with Gasteiger partial charge in [-0.1, -0.05) is 0 Å². The third kappa shape index (κ3) is 7.75. The van der Waals surface area contributed by atoms with Gasteiger partial charge in [0, 0.05) is 0 Å². The summed E-state index contributed by atoms with van der Waals surface area (Å²) in [5, 5.41) is 0. The summed E-state index contributed by atoms with van der Waals surface area (Å²) in [6.45, 7) is 15.6. The SMILES string of the molecule is CCC[CH2][Sn]([CH2]CCC)([CH2]CCC)[CH]1CCOC(C)N1C(=O)OC(C)(C)C. The molecule has 0 aromatic heterocycles. The number of hydrogen-bond donors (Lipinski definition) is 0. The Morgan fingerprint density at radius 2 is 1.52 bits per heavy atom. The zero-order valence-corrected chi connectivity index (χ0v) is 22.0. The first kappa shape index (κ1) is 25.1. The molecule has 1 fully saturated rings. The fraction of sp³-hybridized carbons (Fsp3) is 0.955. The van der Waals surface area contributed by atoms with Crippen LogP contribution in [0.25, 0.3) is 0 Å². The number of rotatable bonds is 10. The predicted octanol–water partition coefficient (Wildman–Crippen LogP) is 6.75. The van der Waals surface area contributed by atoms with E-state index in [-0.39, 0.29) is 12.3 Å². The van der Waals surface area contributed by atoms with Crippen molar-refractivity contribution >= 4 is 24.5 Å². The summed E-state index contributed by atoms with van der Waals surface area (Å²) in [4.78, 5) is 15.2. The van der Waals surface area contributed by atoms with Gasteiger partial charge in [-0.3, -0.25) is 0 Å². The molecule has 1 amide bonds. The summed E-state index contributed by atoms with van der Waals surface area (Å²) < 4.78 is 16.4. The quantitative estimate of drug-likeness (QED) is 0.318. The molecule has 1 saturated heterocycles. The number of carbonyl (C=O) groups excluding carboxylic acids is 1. The van der Waals surface area contributed by atoms with Crippen LogP contribution in [0.1, 0.15) is 93.4 Å². The maximum absolute atomic E-state index is 13.2. The number of hydrogen-bond acceptors (Lipinski definition) is 3. The average Bonchev–Trinajstić information content (AvgIpc) is 2.59. The van der Waals surface area contributed by atoms with Gasteiger partial charge in [-0.05, 0) is 0 Å². The first-order valence-electron chi connectivity index (χ1n) is 11.3. The minimum atomic E-state index is -2.59. The van der Waals surface area contributed by atoms with Crippen molar-refractivity contribution in [2.24, 2.45) is 0 Å². The van der Waals surface area contributed by atoms with Crippen LogP contribution in [-0.4, -0.2) is 51.9 Å². The van der Waals surface area contributed by atoms with Gasteiger partial charge in [-0.25, -0.2) is 0 Å². The second-order valence-electron chi connectivity index (χ2n) is 9.34. The van der Waals surface area contributed by atoms with Crippen LogP contribution in [0.4, 0.5) is 4.79 Å². The van der Waals surface area contributed by atoms with E-state index in [1.807, 2.05) is 32.6 Å². The van der Waals surface area contributed by atoms with E-state index in [0.29, 0.717) is 4.06 Å². The minimum absolute atomic E-state index is 0.162. The van der Waals surface area contributed by atoms with Crippen LogP contribution in [0.15, 0.2) is 0 Å². The van der Waals surface area contributed by atoms with Gasteiger partial charge >= 0.3 is 173 Å². The summed E-state index contributed by atoms with van der Waals surface area (Å²) in [6.07, 6.45) is 8.39. The molecule has 0 N–H and O–H groups in total. The standard InChI is InChI=1S/C10H18NO3.3C4H9.Sn/c1-8-11(6-5-7-13-8)9(12)14-10(2,3)4;3*1-3-4-2;/h6,8H,5,7H2,1-4H3;3*1,3-4H2,2H3;. The summed E-state index contributed by atoms with van der Waals surface area (Å²) >= 11 is -2.59. The molecule has 0 aromatic carbocycles. The number of amides is 1. The summed E-state index contributed by atoms with van der Waals surface area (Å²) in [5.74, 6) is 0. The van der Waals surface area contributed by atoms with Crippen molar-refractivity contribution in [1.82, 2.24) is 4.90 Å². The third-order valence-corrected chi connectivity index (χ3v) is 23.1. The topological polar surface area (TPSA) is 38.8 Å². The first-order valence-corrected chi connectivity index (χ1v) is 19.0. The summed E-state index contributed by atoms with van der Waals surface area (Å²) in [5.41, 5.74) is -0.465. The summed E-state index contributed by atoms with van der Waals surface area (Å²) in [6, 6.07) is 0. The molecule has 4 nitrogen and oxygen atoms in total. The molecule has 0 saturated carbocycles. The molecule has 0 aliphatic carbocycles. The van der Waals surface area contributed by atoms with Crippen molar-refractivity contribution in [3.8, 4) is 0 Å². The van der Waals surface area contributed by atoms with Crippen LogP contribution in [0.3, 0.4) is 0 Å². The average molecular weight is 490 g/mol. The van der Waals surface area contributed by atoms with E-state index in [4.69, 9.17) is 9.47 Å². The van der Waals surface area contributed by atoms with Crippen LogP contribution in [0, 0.1) is 0 Å². The van der Waals surface area contributed by atoms with Crippen LogP contribution in [0.2, 0.25) is 13.3 Å². The van der Waals surface area contributed by atoms with Gasteiger partial charge in [0.25, 0.3) is 0 Å². The molecule has 0 bridgehead atoms. The van der Waals surface area contributed by atoms with Crippen LogP contribution >= 0.6 is 0 Å². The van der Waals surface area contributed by atoms with E-state index in [2.05, 4.69) is 20.8 Å². The van der Waals surface area contributed by atoms with Crippen molar-refractivity contribution in [3.63, 3.8) is 0 Å². The normalized spacial score (nSPS) is 21.4. The molecular weight excluding hydrogens is 445 g/mol. The molecule has 2 unspecified atom stereocenters. The molecule has 2 atom stereocenters. The van der Waals surface area contributed by atoms with E-state index >= 15 is 0 Å². The van der Waals surface area contributed by atoms with E-state index in [1.54, 1.807) is 0 Å². The first-order chi connectivity index (χ1) is 12.7. The van der Waals surface area contributed by atoms with Gasteiger partial charge in [0.15, 0.2) is 0 Å². The van der Waals surface area contributed by atoms with E-state index < -0.39 is 24.0 Å². The zero-order chi connectivity index (χ0) is 20.5. The van der Waals surface area contributed by atoms with E-state index in [9.17, 15) is 4.79 Å². The summed E-state index contributed by atoms with van der Waals surface area (Å²) in [7, 11) is 0. The molecule has 160 valence electrons. The molecule has 27 heavy (non-hydrogen) atoms. The molecule has 1 rings (SSSR count). The molecular formula is C22H45NO3Sn. The van der Waals surface area contributed by atoms with Crippen molar-refractivity contribution in [2.45, 2.75) is 123 Å². The number of ether oxygens (including phenoxy) is 2. The van der Waals surface area contributed by atoms with Gasteiger partial charge in [0.1, 0.15) is 0 Å². The van der Waals surface area contributed by atoms with Gasteiger partial charge in [-0.2, -0.15) is 0 Å². The van der Waals surface area contributed by atoms with Gasteiger partial charge in [0.05, 0.1) is 0 Å². The molecule has 1 heterocycles. The number of nitrogens with zero attached hydrogens (tertiary/aromatic N) is 1. The Morgan fingerprint density at radius 3 is 1.93 bits per heavy atom. The van der Waals surface area contributed by atoms with E-state index in [0.717, 1.165) is 13.0 Å². The Balaban J connectivity index is 3.22. The fourth-order valence-corrected chi connectivity index (χ4v) is 23.2. The fourth-order valence-electron chi connectivity index (χ4n) is 4.48. The van der Waals surface area contributed by atoms with Crippen molar-refractivity contribution in [1.29, 1.82) is 0 Å². The number of unbranched alkanes of at least 4 members (excludes halogenated alkanes) is 3.